The minimum Gasteiger partial charge on any atom is -0.497 e. The van der Waals surface area contributed by atoms with Crippen molar-refractivity contribution in [3.63, 3.8) is 0 Å². The van der Waals surface area contributed by atoms with Crippen molar-refractivity contribution in [1.29, 1.82) is 0 Å². The molecule has 154 valence electrons. The molecule has 3 aromatic rings. The van der Waals surface area contributed by atoms with Crippen molar-refractivity contribution < 1.29 is 18.6 Å². The topological polar surface area (TPSA) is 39.7 Å². The predicted molar refractivity (Wildman–Crippen MR) is 115 cm³/mol. The lowest BCUT2D eigenvalue weighted by molar-refractivity contribution is 0.284. The van der Waals surface area contributed by atoms with Gasteiger partial charge in [0.05, 0.1) is 14.2 Å². The minimum absolute atomic E-state index is 0. The Bertz CT molecular complexity index is 886. The maximum absolute atomic E-state index is 13.0. The average molecular weight is 418 g/mol. The molecular weight excluding hydrogens is 393 g/mol. The van der Waals surface area contributed by atoms with Gasteiger partial charge in [-0.25, -0.2) is 4.39 Å². The lowest BCUT2D eigenvalue weighted by atomic mass is 10.1. The molecule has 0 aliphatic rings. The molecule has 0 unspecified atom stereocenters. The zero-order valence-corrected chi connectivity index (χ0v) is 17.3. The Balaban J connectivity index is 0.00000300. The van der Waals surface area contributed by atoms with Gasteiger partial charge in [0.1, 0.15) is 18.2 Å². The van der Waals surface area contributed by atoms with Gasteiger partial charge in [-0.1, -0.05) is 30.3 Å². The van der Waals surface area contributed by atoms with Crippen LogP contribution < -0.4 is 19.5 Å². The molecule has 0 saturated heterocycles. The van der Waals surface area contributed by atoms with Gasteiger partial charge in [-0.2, -0.15) is 0 Å². The predicted octanol–water partition coefficient (Wildman–Crippen LogP) is 5.13. The summed E-state index contributed by atoms with van der Waals surface area (Å²) in [6.07, 6.45) is 0. The molecule has 0 aromatic heterocycles. The fourth-order valence-corrected chi connectivity index (χ4v) is 2.78. The molecular formula is C23H25ClFNO3. The number of rotatable bonds is 9. The van der Waals surface area contributed by atoms with Gasteiger partial charge < -0.3 is 19.5 Å². The lowest BCUT2D eigenvalue weighted by Gasteiger charge is -2.13. The maximum atomic E-state index is 13.0. The Kier molecular flexibility index (Phi) is 8.77. The van der Waals surface area contributed by atoms with Crippen LogP contribution >= 0.6 is 12.4 Å². The molecule has 0 bridgehead atoms. The molecule has 0 aliphatic heterocycles. The van der Waals surface area contributed by atoms with Crippen molar-refractivity contribution in [2.24, 2.45) is 0 Å². The van der Waals surface area contributed by atoms with Gasteiger partial charge in [0.25, 0.3) is 0 Å². The van der Waals surface area contributed by atoms with Crippen LogP contribution in [0.2, 0.25) is 0 Å². The number of nitrogens with one attached hydrogen (secondary N) is 1. The summed E-state index contributed by atoms with van der Waals surface area (Å²) in [5.41, 5.74) is 3.18. The molecule has 1 N–H and O–H groups in total. The Morgan fingerprint density at radius 3 is 2.00 bits per heavy atom. The SMILES string of the molecule is COc1ccc(CNCc2ccc(OCc3ccc(F)cc3)c(OC)c2)cc1.Cl. The molecule has 0 heterocycles. The van der Waals surface area contributed by atoms with Crippen LogP contribution in [-0.2, 0) is 19.7 Å². The Hall–Kier alpha value is -2.76. The molecule has 0 atom stereocenters. The summed E-state index contributed by atoms with van der Waals surface area (Å²) >= 11 is 0. The summed E-state index contributed by atoms with van der Waals surface area (Å²) in [5.74, 6) is 1.93. The van der Waals surface area contributed by atoms with E-state index in [-0.39, 0.29) is 18.2 Å². The zero-order valence-electron chi connectivity index (χ0n) is 16.5. The third-order valence-corrected chi connectivity index (χ3v) is 4.35. The van der Waals surface area contributed by atoms with Gasteiger partial charge in [0.15, 0.2) is 11.5 Å². The molecule has 0 fully saturated rings. The monoisotopic (exact) mass is 417 g/mol. The van der Waals surface area contributed by atoms with Gasteiger partial charge in [0, 0.05) is 13.1 Å². The highest BCUT2D eigenvalue weighted by molar-refractivity contribution is 5.85. The second kappa shape index (κ2) is 11.3. The van der Waals surface area contributed by atoms with Crippen LogP contribution in [0.4, 0.5) is 4.39 Å². The summed E-state index contributed by atoms with van der Waals surface area (Å²) in [4.78, 5) is 0. The fraction of sp³-hybridized carbons (Fsp3) is 0.217. The van der Waals surface area contributed by atoms with E-state index in [1.807, 2.05) is 42.5 Å². The fourth-order valence-electron chi connectivity index (χ4n) is 2.78. The number of hydrogen-bond donors (Lipinski definition) is 1. The standard InChI is InChI=1S/C23H24FNO3.ClH/c1-26-21-10-5-17(6-11-21)14-25-15-19-7-12-22(23(13-19)27-2)28-16-18-3-8-20(24)9-4-18;/h3-13,25H,14-16H2,1-2H3;1H. The summed E-state index contributed by atoms with van der Waals surface area (Å²) in [5, 5.41) is 3.42. The maximum Gasteiger partial charge on any atom is 0.161 e. The second-order valence-corrected chi connectivity index (χ2v) is 6.35. The van der Waals surface area contributed by atoms with Crippen LogP contribution in [-0.4, -0.2) is 14.2 Å². The number of halogens is 2. The molecule has 0 aliphatic carbocycles. The van der Waals surface area contributed by atoms with Crippen molar-refractivity contribution in [2.75, 3.05) is 14.2 Å². The van der Waals surface area contributed by atoms with E-state index in [1.165, 1.54) is 17.7 Å². The van der Waals surface area contributed by atoms with E-state index in [2.05, 4.69) is 5.32 Å². The summed E-state index contributed by atoms with van der Waals surface area (Å²) in [7, 11) is 3.28. The average Bonchev–Trinajstić information content (AvgIpc) is 2.74. The van der Waals surface area contributed by atoms with Crippen LogP contribution in [0.25, 0.3) is 0 Å². The van der Waals surface area contributed by atoms with E-state index in [0.717, 1.165) is 23.4 Å². The van der Waals surface area contributed by atoms with Crippen molar-refractivity contribution in [3.05, 3.63) is 89.2 Å². The first kappa shape index (κ1) is 22.5. The first-order valence-corrected chi connectivity index (χ1v) is 9.06. The molecule has 3 aromatic carbocycles. The highest BCUT2D eigenvalue weighted by Crippen LogP contribution is 2.29. The zero-order chi connectivity index (χ0) is 19.8. The minimum atomic E-state index is -0.257. The first-order valence-electron chi connectivity index (χ1n) is 9.06. The number of ether oxygens (including phenoxy) is 3. The van der Waals surface area contributed by atoms with Crippen LogP contribution in [0.1, 0.15) is 16.7 Å². The van der Waals surface area contributed by atoms with Crippen molar-refractivity contribution in [2.45, 2.75) is 19.7 Å². The Morgan fingerprint density at radius 1 is 0.724 bits per heavy atom. The van der Waals surface area contributed by atoms with Crippen LogP contribution in [0.15, 0.2) is 66.7 Å². The molecule has 0 spiro atoms. The molecule has 0 radical (unpaired) electrons. The third kappa shape index (κ3) is 6.66. The summed E-state index contributed by atoms with van der Waals surface area (Å²) < 4.78 is 29.4. The highest BCUT2D eigenvalue weighted by atomic mass is 35.5. The normalized spacial score (nSPS) is 10.2. The van der Waals surface area contributed by atoms with Gasteiger partial charge in [0.2, 0.25) is 0 Å². The first-order chi connectivity index (χ1) is 13.7. The van der Waals surface area contributed by atoms with E-state index in [0.29, 0.717) is 24.7 Å². The van der Waals surface area contributed by atoms with Gasteiger partial charge >= 0.3 is 0 Å². The third-order valence-electron chi connectivity index (χ3n) is 4.35. The number of hydrogen-bond acceptors (Lipinski definition) is 4. The van der Waals surface area contributed by atoms with Gasteiger partial charge in [-0.3, -0.25) is 0 Å². The number of methoxy groups -OCH3 is 2. The van der Waals surface area contributed by atoms with E-state index in [9.17, 15) is 4.39 Å². The smallest absolute Gasteiger partial charge is 0.161 e. The van der Waals surface area contributed by atoms with E-state index >= 15 is 0 Å². The van der Waals surface area contributed by atoms with Crippen LogP contribution in [0.5, 0.6) is 17.2 Å². The molecule has 0 saturated carbocycles. The molecule has 3 rings (SSSR count). The van der Waals surface area contributed by atoms with Gasteiger partial charge in [-0.15, -0.1) is 12.4 Å². The van der Waals surface area contributed by atoms with E-state index < -0.39 is 0 Å². The Labute approximate surface area is 177 Å². The van der Waals surface area contributed by atoms with E-state index in [1.54, 1.807) is 26.4 Å². The van der Waals surface area contributed by atoms with Crippen LogP contribution in [0, 0.1) is 5.82 Å². The van der Waals surface area contributed by atoms with Crippen LogP contribution in [0.3, 0.4) is 0 Å². The summed E-state index contributed by atoms with van der Waals surface area (Å²) in [6.45, 7) is 1.82. The van der Waals surface area contributed by atoms with E-state index in [4.69, 9.17) is 14.2 Å². The summed E-state index contributed by atoms with van der Waals surface area (Å²) in [6, 6.07) is 20.1. The molecule has 6 heteroatoms. The quantitative estimate of drug-likeness (QED) is 0.523. The molecule has 4 nitrogen and oxygen atoms in total. The molecule has 0 amide bonds. The largest absolute Gasteiger partial charge is 0.497 e. The van der Waals surface area contributed by atoms with Crippen molar-refractivity contribution in [3.8, 4) is 17.2 Å². The Morgan fingerprint density at radius 2 is 1.34 bits per heavy atom. The highest BCUT2D eigenvalue weighted by Gasteiger charge is 2.07. The van der Waals surface area contributed by atoms with Crippen molar-refractivity contribution in [1.82, 2.24) is 5.32 Å². The number of benzene rings is 3. The lowest BCUT2D eigenvalue weighted by Crippen LogP contribution is -2.12. The molecule has 29 heavy (non-hydrogen) atoms. The second-order valence-electron chi connectivity index (χ2n) is 6.35. The van der Waals surface area contributed by atoms with Crippen molar-refractivity contribution >= 4 is 12.4 Å². The van der Waals surface area contributed by atoms with Gasteiger partial charge in [-0.05, 0) is 53.1 Å².